The molecule has 2 atom stereocenters. The van der Waals surface area contributed by atoms with Crippen molar-refractivity contribution in [1.29, 1.82) is 0 Å². The molecular formula is C9H13N3O2. The minimum Gasteiger partial charge on any atom is -0.480 e. The first kappa shape index (κ1) is 9.21. The molecule has 0 spiro atoms. The van der Waals surface area contributed by atoms with Crippen LogP contribution in [0.3, 0.4) is 0 Å². The molecule has 76 valence electrons. The lowest BCUT2D eigenvalue weighted by atomic mass is 9.87. The SMILES string of the molecule is CC1Cc2nn(C)cc2C1(N)C(=O)O. The predicted molar refractivity (Wildman–Crippen MR) is 49.6 cm³/mol. The molecule has 5 heteroatoms. The average Bonchev–Trinajstić information content (AvgIpc) is 2.53. The van der Waals surface area contributed by atoms with Crippen molar-refractivity contribution < 1.29 is 9.90 Å². The van der Waals surface area contributed by atoms with Crippen LogP contribution >= 0.6 is 0 Å². The molecule has 2 unspecified atom stereocenters. The van der Waals surface area contributed by atoms with Gasteiger partial charge in [-0.25, -0.2) is 4.79 Å². The minimum atomic E-state index is -1.26. The maximum Gasteiger partial charge on any atom is 0.328 e. The standard InChI is InChI=1S/C9H13N3O2/c1-5-3-7-6(4-12(2)11-7)9(5,10)8(13)14/h4-5H,3,10H2,1-2H3,(H,13,14). The molecule has 1 aliphatic carbocycles. The van der Waals surface area contributed by atoms with E-state index in [1.807, 2.05) is 6.92 Å². The number of hydrogen-bond donors (Lipinski definition) is 2. The summed E-state index contributed by atoms with van der Waals surface area (Å²) in [5.74, 6) is -1.07. The molecule has 0 bridgehead atoms. The summed E-state index contributed by atoms with van der Waals surface area (Å²) in [6, 6.07) is 0. The van der Waals surface area contributed by atoms with Crippen molar-refractivity contribution in [2.24, 2.45) is 18.7 Å². The van der Waals surface area contributed by atoms with Crippen LogP contribution in [0.1, 0.15) is 18.2 Å². The van der Waals surface area contributed by atoms with E-state index in [0.717, 1.165) is 5.69 Å². The summed E-state index contributed by atoms with van der Waals surface area (Å²) in [5.41, 5.74) is 6.12. The zero-order chi connectivity index (χ0) is 10.5. The average molecular weight is 195 g/mol. The predicted octanol–water partition coefficient (Wildman–Crippen LogP) is -0.149. The van der Waals surface area contributed by atoms with Gasteiger partial charge in [-0.05, 0) is 12.3 Å². The topological polar surface area (TPSA) is 81.1 Å². The normalized spacial score (nSPS) is 30.4. The van der Waals surface area contributed by atoms with Crippen LogP contribution in [0.4, 0.5) is 0 Å². The third kappa shape index (κ3) is 0.928. The molecule has 1 aliphatic rings. The van der Waals surface area contributed by atoms with Gasteiger partial charge in [-0.3, -0.25) is 4.68 Å². The number of hydrogen-bond acceptors (Lipinski definition) is 3. The van der Waals surface area contributed by atoms with Crippen LogP contribution in [-0.4, -0.2) is 20.9 Å². The van der Waals surface area contributed by atoms with Gasteiger partial charge in [-0.1, -0.05) is 6.92 Å². The minimum absolute atomic E-state index is 0.0984. The zero-order valence-corrected chi connectivity index (χ0v) is 8.19. The molecule has 3 N–H and O–H groups in total. The highest BCUT2D eigenvalue weighted by Gasteiger charge is 2.49. The Morgan fingerprint density at radius 1 is 1.86 bits per heavy atom. The van der Waals surface area contributed by atoms with Gasteiger partial charge in [-0.15, -0.1) is 0 Å². The Morgan fingerprint density at radius 3 is 3.07 bits per heavy atom. The van der Waals surface area contributed by atoms with Gasteiger partial charge >= 0.3 is 5.97 Å². The maximum atomic E-state index is 11.1. The molecule has 1 heterocycles. The van der Waals surface area contributed by atoms with E-state index in [1.165, 1.54) is 0 Å². The van der Waals surface area contributed by atoms with E-state index in [1.54, 1.807) is 17.9 Å². The van der Waals surface area contributed by atoms with Gasteiger partial charge in [0.05, 0.1) is 5.69 Å². The summed E-state index contributed by atoms with van der Waals surface area (Å²) < 4.78 is 1.61. The van der Waals surface area contributed by atoms with Gasteiger partial charge in [0, 0.05) is 18.8 Å². The molecule has 14 heavy (non-hydrogen) atoms. The molecule has 1 aromatic rings. The third-order valence-corrected chi connectivity index (χ3v) is 2.98. The lowest BCUT2D eigenvalue weighted by molar-refractivity contribution is -0.145. The fraction of sp³-hybridized carbons (Fsp3) is 0.556. The fourth-order valence-electron chi connectivity index (χ4n) is 2.07. The zero-order valence-electron chi connectivity index (χ0n) is 8.19. The number of nitrogens with two attached hydrogens (primary N) is 1. The second kappa shape index (κ2) is 2.57. The van der Waals surface area contributed by atoms with Crippen LogP contribution in [0.15, 0.2) is 6.20 Å². The van der Waals surface area contributed by atoms with Gasteiger partial charge in [-0.2, -0.15) is 5.10 Å². The molecule has 2 rings (SSSR count). The Kier molecular flexibility index (Phi) is 1.69. The van der Waals surface area contributed by atoms with Gasteiger partial charge in [0.2, 0.25) is 0 Å². The monoisotopic (exact) mass is 195 g/mol. The van der Waals surface area contributed by atoms with Crippen LogP contribution < -0.4 is 5.73 Å². The smallest absolute Gasteiger partial charge is 0.328 e. The molecule has 0 amide bonds. The maximum absolute atomic E-state index is 11.1. The number of carboxylic acid groups (broad SMARTS) is 1. The second-order valence-electron chi connectivity index (χ2n) is 3.94. The van der Waals surface area contributed by atoms with Crippen LogP contribution in [0, 0.1) is 5.92 Å². The molecule has 0 aromatic carbocycles. The van der Waals surface area contributed by atoms with Gasteiger partial charge < -0.3 is 10.8 Å². The first-order valence-corrected chi connectivity index (χ1v) is 4.51. The number of fused-ring (bicyclic) bond motifs is 1. The highest BCUT2D eigenvalue weighted by Crippen LogP contribution is 2.38. The van der Waals surface area contributed by atoms with Crippen molar-refractivity contribution in [1.82, 2.24) is 9.78 Å². The summed E-state index contributed by atoms with van der Waals surface area (Å²) in [6.07, 6.45) is 2.34. The van der Waals surface area contributed by atoms with E-state index in [9.17, 15) is 4.79 Å². The quantitative estimate of drug-likeness (QED) is 0.653. The van der Waals surface area contributed by atoms with Gasteiger partial charge in [0.1, 0.15) is 5.54 Å². The van der Waals surface area contributed by atoms with E-state index in [4.69, 9.17) is 10.8 Å². The van der Waals surface area contributed by atoms with Gasteiger partial charge in [0.25, 0.3) is 0 Å². The molecule has 0 saturated heterocycles. The van der Waals surface area contributed by atoms with Crippen LogP contribution in [0.2, 0.25) is 0 Å². The molecule has 0 fully saturated rings. The largest absolute Gasteiger partial charge is 0.480 e. The fourth-order valence-corrected chi connectivity index (χ4v) is 2.07. The molecule has 0 radical (unpaired) electrons. The first-order chi connectivity index (χ1) is 6.46. The van der Waals surface area contributed by atoms with Crippen LogP contribution in [-0.2, 0) is 23.8 Å². The molecular weight excluding hydrogens is 182 g/mol. The number of carboxylic acids is 1. The van der Waals surface area contributed by atoms with E-state index in [-0.39, 0.29) is 5.92 Å². The van der Waals surface area contributed by atoms with Crippen molar-refractivity contribution in [3.63, 3.8) is 0 Å². The Bertz CT molecular complexity index is 399. The summed E-state index contributed by atoms with van der Waals surface area (Å²) in [7, 11) is 1.77. The third-order valence-electron chi connectivity index (χ3n) is 2.98. The van der Waals surface area contributed by atoms with Crippen molar-refractivity contribution in [2.75, 3.05) is 0 Å². The summed E-state index contributed by atoms with van der Waals surface area (Å²) in [5, 5.41) is 13.3. The number of aromatic nitrogens is 2. The molecule has 0 aliphatic heterocycles. The number of carbonyl (C=O) groups is 1. The highest BCUT2D eigenvalue weighted by atomic mass is 16.4. The second-order valence-corrected chi connectivity index (χ2v) is 3.94. The summed E-state index contributed by atoms with van der Waals surface area (Å²) in [6.45, 7) is 1.84. The van der Waals surface area contributed by atoms with Crippen LogP contribution in [0.25, 0.3) is 0 Å². The summed E-state index contributed by atoms with van der Waals surface area (Å²) >= 11 is 0. The van der Waals surface area contributed by atoms with Crippen LogP contribution in [0.5, 0.6) is 0 Å². The van der Waals surface area contributed by atoms with Crippen molar-refractivity contribution in [3.8, 4) is 0 Å². The van der Waals surface area contributed by atoms with E-state index < -0.39 is 11.5 Å². The van der Waals surface area contributed by atoms with E-state index in [0.29, 0.717) is 12.0 Å². The van der Waals surface area contributed by atoms with Crippen molar-refractivity contribution in [3.05, 3.63) is 17.5 Å². The Balaban J connectivity index is 2.57. The lowest BCUT2D eigenvalue weighted by Crippen LogP contribution is -2.47. The van der Waals surface area contributed by atoms with Crippen molar-refractivity contribution >= 4 is 5.97 Å². The van der Waals surface area contributed by atoms with E-state index >= 15 is 0 Å². The molecule has 1 aromatic heterocycles. The molecule has 5 nitrogen and oxygen atoms in total. The number of nitrogens with zero attached hydrogens (tertiary/aromatic N) is 2. The summed E-state index contributed by atoms with van der Waals surface area (Å²) in [4.78, 5) is 11.1. The highest BCUT2D eigenvalue weighted by molar-refractivity contribution is 5.82. The Labute approximate surface area is 81.5 Å². The Morgan fingerprint density at radius 2 is 2.50 bits per heavy atom. The first-order valence-electron chi connectivity index (χ1n) is 4.51. The number of aliphatic carboxylic acids is 1. The molecule has 0 saturated carbocycles. The number of aryl methyl sites for hydroxylation is 1. The lowest BCUT2D eigenvalue weighted by Gasteiger charge is -2.24. The Hall–Kier alpha value is -1.36. The van der Waals surface area contributed by atoms with E-state index in [2.05, 4.69) is 5.10 Å². The van der Waals surface area contributed by atoms with Crippen molar-refractivity contribution in [2.45, 2.75) is 18.9 Å². The van der Waals surface area contributed by atoms with Gasteiger partial charge in [0.15, 0.2) is 0 Å². The number of rotatable bonds is 1.